The van der Waals surface area contributed by atoms with Crippen LogP contribution in [0, 0.1) is 0 Å². The van der Waals surface area contributed by atoms with Gasteiger partial charge in [0.2, 0.25) is 0 Å². The van der Waals surface area contributed by atoms with E-state index in [1.165, 1.54) is 12.1 Å². The maximum absolute atomic E-state index is 11.5. The molecule has 0 saturated heterocycles. The quantitative estimate of drug-likeness (QED) is 0.569. The third-order valence-corrected chi connectivity index (χ3v) is 2.38. The van der Waals surface area contributed by atoms with Crippen molar-refractivity contribution in [3.05, 3.63) is 29.8 Å². The van der Waals surface area contributed by atoms with E-state index in [0.717, 1.165) is 12.8 Å². The molecule has 78 valence electrons. The second-order valence-corrected chi connectivity index (χ2v) is 3.74. The molecule has 1 aliphatic carbocycles. The summed E-state index contributed by atoms with van der Waals surface area (Å²) in [5, 5.41) is 20.6. The van der Waals surface area contributed by atoms with Gasteiger partial charge in [-0.2, -0.15) is 0 Å². The molecular weight excluding hydrogens is 193 g/mol. The largest absolute Gasteiger partial charge is 0.488 e. The molecule has 15 heavy (non-hydrogen) atoms. The summed E-state index contributed by atoms with van der Waals surface area (Å²) < 4.78 is 0. The normalized spacial score (nSPS) is 14.8. The minimum atomic E-state index is -1.48. The Morgan fingerprint density at radius 1 is 1.27 bits per heavy atom. The molecule has 1 fully saturated rings. The average Bonchev–Trinajstić information content (AvgIpc) is 3.02. The fraction of sp³-hybridized carbons (Fsp3) is 0.300. The summed E-state index contributed by atoms with van der Waals surface area (Å²) in [6, 6.07) is 6.58. The second kappa shape index (κ2) is 4.04. The topological polar surface area (TPSA) is 69.6 Å². The van der Waals surface area contributed by atoms with Crippen LogP contribution in [0.4, 0.5) is 0 Å². The zero-order valence-electron chi connectivity index (χ0n) is 8.18. The van der Waals surface area contributed by atoms with E-state index in [1.54, 1.807) is 12.1 Å². The van der Waals surface area contributed by atoms with Crippen LogP contribution < -0.4 is 10.8 Å². The summed E-state index contributed by atoms with van der Waals surface area (Å²) in [5.74, 6) is -0.100. The summed E-state index contributed by atoms with van der Waals surface area (Å²) in [5.41, 5.74) is 0.935. The van der Waals surface area contributed by atoms with Crippen LogP contribution >= 0.6 is 0 Å². The van der Waals surface area contributed by atoms with Crippen LogP contribution in [0.3, 0.4) is 0 Å². The number of nitrogens with one attached hydrogen (secondary N) is 1. The van der Waals surface area contributed by atoms with Gasteiger partial charge in [0.1, 0.15) is 0 Å². The molecule has 1 saturated carbocycles. The molecule has 1 aromatic carbocycles. The Labute approximate surface area is 88.1 Å². The van der Waals surface area contributed by atoms with Gasteiger partial charge < -0.3 is 15.4 Å². The van der Waals surface area contributed by atoms with Gasteiger partial charge in [-0.3, -0.25) is 4.79 Å². The van der Waals surface area contributed by atoms with Crippen LogP contribution in [0.25, 0.3) is 0 Å². The van der Waals surface area contributed by atoms with Gasteiger partial charge in [-0.05, 0) is 30.4 Å². The molecule has 4 nitrogen and oxygen atoms in total. The Bertz CT molecular complexity index is 359. The Morgan fingerprint density at radius 3 is 2.33 bits per heavy atom. The predicted molar refractivity (Wildman–Crippen MR) is 56.8 cm³/mol. The molecule has 5 heteroatoms. The van der Waals surface area contributed by atoms with Crippen LogP contribution in [0.5, 0.6) is 0 Å². The monoisotopic (exact) mass is 205 g/mol. The molecule has 0 radical (unpaired) electrons. The number of benzene rings is 1. The molecule has 0 aliphatic heterocycles. The first-order valence-electron chi connectivity index (χ1n) is 4.94. The molecule has 0 heterocycles. The van der Waals surface area contributed by atoms with Gasteiger partial charge in [-0.25, -0.2) is 0 Å². The van der Waals surface area contributed by atoms with E-state index >= 15 is 0 Å². The highest BCUT2D eigenvalue weighted by atomic mass is 16.4. The number of carbonyl (C=O) groups is 1. The summed E-state index contributed by atoms with van der Waals surface area (Å²) in [4.78, 5) is 11.5. The van der Waals surface area contributed by atoms with Crippen molar-refractivity contribution in [2.24, 2.45) is 0 Å². The molecule has 3 N–H and O–H groups in total. The Morgan fingerprint density at radius 2 is 1.87 bits per heavy atom. The standard InChI is InChI=1S/C10H12BNO3/c13-10(12-9-5-6-9)7-1-3-8(4-2-7)11(14)15/h1-4,9,14-15H,5-6H2,(H,12,13). The molecule has 0 atom stereocenters. The molecule has 0 spiro atoms. The first-order valence-corrected chi connectivity index (χ1v) is 4.94. The fourth-order valence-corrected chi connectivity index (χ4v) is 1.30. The lowest BCUT2D eigenvalue weighted by molar-refractivity contribution is 0.0951. The first kappa shape index (κ1) is 10.2. The van der Waals surface area contributed by atoms with Crippen molar-refractivity contribution in [1.29, 1.82) is 0 Å². The molecule has 2 rings (SSSR count). The van der Waals surface area contributed by atoms with Crippen LogP contribution in [0.2, 0.25) is 0 Å². The lowest BCUT2D eigenvalue weighted by Crippen LogP contribution is -2.30. The van der Waals surface area contributed by atoms with Crippen LogP contribution in [0.1, 0.15) is 23.2 Å². The summed E-state index contributed by atoms with van der Waals surface area (Å²) >= 11 is 0. The number of hydrogen-bond acceptors (Lipinski definition) is 3. The van der Waals surface area contributed by atoms with Crippen molar-refractivity contribution in [2.75, 3.05) is 0 Å². The average molecular weight is 205 g/mol. The fourth-order valence-electron chi connectivity index (χ4n) is 1.30. The molecule has 1 amide bonds. The van der Waals surface area contributed by atoms with E-state index in [4.69, 9.17) is 10.0 Å². The molecule has 1 aromatic rings. The zero-order chi connectivity index (χ0) is 10.8. The van der Waals surface area contributed by atoms with Gasteiger partial charge in [-0.1, -0.05) is 12.1 Å². The van der Waals surface area contributed by atoms with E-state index in [1.807, 2.05) is 0 Å². The van der Waals surface area contributed by atoms with E-state index in [-0.39, 0.29) is 5.91 Å². The van der Waals surface area contributed by atoms with Crippen molar-refractivity contribution in [2.45, 2.75) is 18.9 Å². The van der Waals surface area contributed by atoms with Crippen molar-refractivity contribution in [3.63, 3.8) is 0 Å². The highest BCUT2D eigenvalue weighted by molar-refractivity contribution is 6.58. The molecule has 1 aliphatic rings. The maximum atomic E-state index is 11.5. The lowest BCUT2D eigenvalue weighted by atomic mass is 9.80. The molecular formula is C10H12BNO3. The smallest absolute Gasteiger partial charge is 0.423 e. The van der Waals surface area contributed by atoms with Gasteiger partial charge in [0.05, 0.1) is 0 Å². The predicted octanol–water partition coefficient (Wildman–Crippen LogP) is -0.741. The number of amides is 1. The van der Waals surface area contributed by atoms with Gasteiger partial charge >= 0.3 is 7.12 Å². The number of hydrogen-bond donors (Lipinski definition) is 3. The molecule has 0 aromatic heterocycles. The van der Waals surface area contributed by atoms with E-state index in [9.17, 15) is 4.79 Å². The van der Waals surface area contributed by atoms with Crippen LogP contribution in [-0.2, 0) is 0 Å². The van der Waals surface area contributed by atoms with E-state index in [2.05, 4.69) is 5.32 Å². The van der Waals surface area contributed by atoms with Gasteiger partial charge in [0.15, 0.2) is 0 Å². The van der Waals surface area contributed by atoms with Gasteiger partial charge in [-0.15, -0.1) is 0 Å². The maximum Gasteiger partial charge on any atom is 0.488 e. The first-order chi connectivity index (χ1) is 7.16. The van der Waals surface area contributed by atoms with E-state index in [0.29, 0.717) is 17.1 Å². The Balaban J connectivity index is 2.04. The number of carbonyl (C=O) groups excluding carboxylic acids is 1. The SMILES string of the molecule is O=C(NC1CC1)c1ccc(B(O)O)cc1. The number of rotatable bonds is 3. The highest BCUT2D eigenvalue weighted by Gasteiger charge is 2.23. The Hall–Kier alpha value is -1.33. The van der Waals surface area contributed by atoms with Gasteiger partial charge in [0.25, 0.3) is 5.91 Å². The van der Waals surface area contributed by atoms with E-state index < -0.39 is 7.12 Å². The zero-order valence-corrected chi connectivity index (χ0v) is 8.18. The van der Waals surface area contributed by atoms with Crippen LogP contribution in [-0.4, -0.2) is 29.1 Å². The second-order valence-electron chi connectivity index (χ2n) is 3.74. The van der Waals surface area contributed by atoms with Crippen LogP contribution in [0.15, 0.2) is 24.3 Å². The van der Waals surface area contributed by atoms with Crippen molar-refractivity contribution >= 4 is 18.5 Å². The van der Waals surface area contributed by atoms with Crippen molar-refractivity contribution < 1.29 is 14.8 Å². The van der Waals surface area contributed by atoms with Crippen molar-refractivity contribution in [1.82, 2.24) is 5.32 Å². The minimum absolute atomic E-state index is 0.100. The Kier molecular flexibility index (Phi) is 2.75. The molecule has 0 bridgehead atoms. The minimum Gasteiger partial charge on any atom is -0.423 e. The lowest BCUT2D eigenvalue weighted by Gasteiger charge is -2.04. The summed E-state index contributed by atoms with van der Waals surface area (Å²) in [7, 11) is -1.48. The highest BCUT2D eigenvalue weighted by Crippen LogP contribution is 2.19. The third kappa shape index (κ3) is 2.58. The van der Waals surface area contributed by atoms with Crippen molar-refractivity contribution in [3.8, 4) is 0 Å². The summed E-state index contributed by atoms with van der Waals surface area (Å²) in [6.45, 7) is 0. The third-order valence-electron chi connectivity index (χ3n) is 2.38. The molecule has 0 unspecified atom stereocenters. The summed E-state index contributed by atoms with van der Waals surface area (Å²) in [6.07, 6.45) is 2.11. The van der Waals surface area contributed by atoms with Gasteiger partial charge in [0, 0.05) is 11.6 Å².